The normalized spacial score (nSPS) is 10.4. The van der Waals surface area contributed by atoms with E-state index in [-0.39, 0.29) is 19.7 Å². The fourth-order valence-electron chi connectivity index (χ4n) is 2.25. The van der Waals surface area contributed by atoms with Crippen LogP contribution in [-0.4, -0.2) is 31.5 Å². The smallest absolute Gasteiger partial charge is 0.258 e. The lowest BCUT2D eigenvalue weighted by Crippen LogP contribution is -2.37. The Balaban J connectivity index is 1.75. The minimum absolute atomic E-state index is 0.0213. The standard InChI is InChI=1S/C19H19F3N2O3/c1-11-4-3-5-15(12(11)2)27-10-16(25)23-8-9-24-19(26)13-6-7-14(20)18(22)17(13)21/h3-7H,8-10H2,1-2H3,(H,23,25)(H,24,26). The summed E-state index contributed by atoms with van der Waals surface area (Å²) in [5.74, 6) is -5.35. The van der Waals surface area contributed by atoms with Gasteiger partial charge in [0.05, 0.1) is 5.56 Å². The molecule has 0 spiro atoms. The second-order valence-corrected chi connectivity index (χ2v) is 5.82. The van der Waals surface area contributed by atoms with E-state index in [0.717, 1.165) is 17.2 Å². The summed E-state index contributed by atoms with van der Waals surface area (Å²) >= 11 is 0. The number of halogens is 3. The lowest BCUT2D eigenvalue weighted by molar-refractivity contribution is -0.123. The van der Waals surface area contributed by atoms with Gasteiger partial charge >= 0.3 is 0 Å². The van der Waals surface area contributed by atoms with Crippen molar-refractivity contribution in [3.63, 3.8) is 0 Å². The van der Waals surface area contributed by atoms with Gasteiger partial charge in [0, 0.05) is 13.1 Å². The summed E-state index contributed by atoms with van der Waals surface area (Å²) in [7, 11) is 0. The van der Waals surface area contributed by atoms with Crippen LogP contribution in [0.3, 0.4) is 0 Å². The van der Waals surface area contributed by atoms with E-state index < -0.39 is 34.8 Å². The number of amides is 2. The topological polar surface area (TPSA) is 67.4 Å². The van der Waals surface area contributed by atoms with Gasteiger partial charge in [-0.15, -0.1) is 0 Å². The molecule has 2 rings (SSSR count). The Kier molecular flexibility index (Phi) is 6.81. The van der Waals surface area contributed by atoms with E-state index in [4.69, 9.17) is 4.74 Å². The van der Waals surface area contributed by atoms with Crippen LogP contribution in [0.1, 0.15) is 21.5 Å². The molecule has 0 heterocycles. The summed E-state index contributed by atoms with van der Waals surface area (Å²) in [6, 6.07) is 7.02. The molecule has 2 amide bonds. The highest BCUT2D eigenvalue weighted by Gasteiger charge is 2.18. The van der Waals surface area contributed by atoms with Crippen molar-refractivity contribution in [3.8, 4) is 5.75 Å². The number of rotatable bonds is 7. The molecule has 0 aromatic heterocycles. The number of carbonyl (C=O) groups is 2. The predicted molar refractivity (Wildman–Crippen MR) is 93.1 cm³/mol. The largest absolute Gasteiger partial charge is 0.483 e. The molecule has 2 aromatic rings. The van der Waals surface area contributed by atoms with E-state index in [0.29, 0.717) is 11.8 Å². The van der Waals surface area contributed by atoms with Crippen molar-refractivity contribution in [2.45, 2.75) is 13.8 Å². The molecule has 0 saturated carbocycles. The SMILES string of the molecule is Cc1cccc(OCC(=O)NCCNC(=O)c2ccc(F)c(F)c2F)c1C. The number of nitrogens with one attached hydrogen (secondary N) is 2. The molecular formula is C19H19F3N2O3. The second-order valence-electron chi connectivity index (χ2n) is 5.82. The van der Waals surface area contributed by atoms with Gasteiger partial charge in [-0.05, 0) is 43.2 Å². The monoisotopic (exact) mass is 380 g/mol. The van der Waals surface area contributed by atoms with Crippen LogP contribution in [0.25, 0.3) is 0 Å². The summed E-state index contributed by atoms with van der Waals surface area (Å²) in [5, 5.41) is 4.83. The molecule has 0 bridgehead atoms. The Morgan fingerprint density at radius 1 is 0.963 bits per heavy atom. The molecule has 2 N–H and O–H groups in total. The van der Waals surface area contributed by atoms with Gasteiger partial charge in [-0.3, -0.25) is 9.59 Å². The Morgan fingerprint density at radius 2 is 1.67 bits per heavy atom. The van der Waals surface area contributed by atoms with Crippen LogP contribution in [0.5, 0.6) is 5.75 Å². The molecular weight excluding hydrogens is 361 g/mol. The van der Waals surface area contributed by atoms with E-state index in [1.165, 1.54) is 0 Å². The maximum atomic E-state index is 13.5. The maximum absolute atomic E-state index is 13.5. The van der Waals surface area contributed by atoms with Crippen LogP contribution in [0.4, 0.5) is 13.2 Å². The number of hydrogen-bond donors (Lipinski definition) is 2. The number of carbonyl (C=O) groups excluding carboxylic acids is 2. The zero-order chi connectivity index (χ0) is 20.0. The van der Waals surface area contributed by atoms with Crippen molar-refractivity contribution >= 4 is 11.8 Å². The summed E-state index contributed by atoms with van der Waals surface area (Å²) in [6.07, 6.45) is 0. The van der Waals surface area contributed by atoms with Gasteiger partial charge in [0.2, 0.25) is 0 Å². The first-order valence-electron chi connectivity index (χ1n) is 8.18. The number of aryl methyl sites for hydroxylation is 1. The lowest BCUT2D eigenvalue weighted by Gasteiger charge is -2.11. The Hall–Kier alpha value is -3.03. The molecule has 0 radical (unpaired) electrons. The van der Waals surface area contributed by atoms with Crippen molar-refractivity contribution in [1.29, 1.82) is 0 Å². The maximum Gasteiger partial charge on any atom is 0.258 e. The van der Waals surface area contributed by atoms with E-state index in [9.17, 15) is 22.8 Å². The highest BCUT2D eigenvalue weighted by Crippen LogP contribution is 2.20. The molecule has 27 heavy (non-hydrogen) atoms. The van der Waals surface area contributed by atoms with Gasteiger partial charge in [-0.1, -0.05) is 12.1 Å². The quantitative estimate of drug-likeness (QED) is 0.573. The summed E-state index contributed by atoms with van der Waals surface area (Å²) in [5.41, 5.74) is 1.37. The first-order chi connectivity index (χ1) is 12.8. The zero-order valence-electron chi connectivity index (χ0n) is 14.9. The number of benzene rings is 2. The summed E-state index contributed by atoms with van der Waals surface area (Å²) < 4.78 is 44.9. The average molecular weight is 380 g/mol. The van der Waals surface area contributed by atoms with E-state index in [2.05, 4.69) is 10.6 Å². The zero-order valence-corrected chi connectivity index (χ0v) is 14.9. The van der Waals surface area contributed by atoms with Gasteiger partial charge in [-0.2, -0.15) is 0 Å². The van der Waals surface area contributed by atoms with Crippen molar-refractivity contribution < 1.29 is 27.5 Å². The first-order valence-corrected chi connectivity index (χ1v) is 8.18. The minimum Gasteiger partial charge on any atom is -0.483 e. The van der Waals surface area contributed by atoms with Crippen LogP contribution in [-0.2, 0) is 4.79 Å². The van der Waals surface area contributed by atoms with Gasteiger partial charge in [0.1, 0.15) is 5.75 Å². The predicted octanol–water partition coefficient (Wildman–Crippen LogP) is 2.65. The van der Waals surface area contributed by atoms with Gasteiger partial charge < -0.3 is 15.4 Å². The fourth-order valence-corrected chi connectivity index (χ4v) is 2.25. The van der Waals surface area contributed by atoms with E-state index in [1.54, 1.807) is 6.07 Å². The molecule has 0 saturated heterocycles. The molecule has 0 unspecified atom stereocenters. The Labute approximate surface area is 154 Å². The van der Waals surface area contributed by atoms with E-state index in [1.807, 2.05) is 26.0 Å². The lowest BCUT2D eigenvalue weighted by atomic mass is 10.1. The molecule has 0 aliphatic rings. The van der Waals surface area contributed by atoms with Crippen LogP contribution in [0, 0.1) is 31.3 Å². The highest BCUT2D eigenvalue weighted by molar-refractivity contribution is 5.94. The third kappa shape index (κ3) is 5.22. The van der Waals surface area contributed by atoms with Crippen LogP contribution < -0.4 is 15.4 Å². The molecule has 0 atom stereocenters. The molecule has 2 aromatic carbocycles. The average Bonchev–Trinajstić information content (AvgIpc) is 2.64. The molecule has 0 fully saturated rings. The molecule has 0 aliphatic heterocycles. The highest BCUT2D eigenvalue weighted by atomic mass is 19.2. The van der Waals surface area contributed by atoms with Crippen molar-refractivity contribution in [2.24, 2.45) is 0 Å². The number of ether oxygens (including phenoxy) is 1. The van der Waals surface area contributed by atoms with Gasteiger partial charge in [0.15, 0.2) is 24.1 Å². The summed E-state index contributed by atoms with van der Waals surface area (Å²) in [4.78, 5) is 23.5. The van der Waals surface area contributed by atoms with Crippen LogP contribution in [0.15, 0.2) is 30.3 Å². The first kappa shape index (κ1) is 20.3. The molecule has 144 valence electrons. The molecule has 8 heteroatoms. The summed E-state index contributed by atoms with van der Waals surface area (Å²) in [6.45, 7) is 3.66. The third-order valence-corrected chi connectivity index (χ3v) is 3.93. The van der Waals surface area contributed by atoms with Crippen molar-refractivity contribution in [2.75, 3.05) is 19.7 Å². The van der Waals surface area contributed by atoms with Crippen molar-refractivity contribution in [1.82, 2.24) is 10.6 Å². The van der Waals surface area contributed by atoms with Gasteiger partial charge in [0.25, 0.3) is 11.8 Å². The minimum atomic E-state index is -1.71. The van der Waals surface area contributed by atoms with Gasteiger partial charge in [-0.25, -0.2) is 13.2 Å². The number of hydrogen-bond acceptors (Lipinski definition) is 3. The van der Waals surface area contributed by atoms with Crippen LogP contribution in [0.2, 0.25) is 0 Å². The van der Waals surface area contributed by atoms with E-state index >= 15 is 0 Å². The second kappa shape index (κ2) is 9.07. The third-order valence-electron chi connectivity index (χ3n) is 3.93. The van der Waals surface area contributed by atoms with Crippen molar-refractivity contribution in [3.05, 3.63) is 64.5 Å². The Bertz CT molecular complexity index is 856. The molecule has 5 nitrogen and oxygen atoms in total. The van der Waals surface area contributed by atoms with Crippen LogP contribution >= 0.6 is 0 Å². The fraction of sp³-hybridized carbons (Fsp3) is 0.263. The molecule has 0 aliphatic carbocycles. The Morgan fingerprint density at radius 3 is 2.41 bits per heavy atom.